The van der Waals surface area contributed by atoms with Crippen molar-refractivity contribution < 1.29 is 9.18 Å². The van der Waals surface area contributed by atoms with Crippen molar-refractivity contribution in [2.45, 2.75) is 20.4 Å². The first-order valence-electron chi connectivity index (χ1n) is 10.5. The zero-order valence-electron chi connectivity index (χ0n) is 17.9. The zero-order chi connectivity index (χ0) is 21.8. The first-order chi connectivity index (χ1) is 15.0. The lowest BCUT2D eigenvalue weighted by atomic mass is 9.93. The minimum Gasteiger partial charge on any atom is -0.290 e. The van der Waals surface area contributed by atoms with Gasteiger partial charge in [0.05, 0.1) is 0 Å². The summed E-state index contributed by atoms with van der Waals surface area (Å²) in [5.41, 5.74) is 7.00. The second-order valence-corrected chi connectivity index (χ2v) is 8.26. The highest BCUT2D eigenvalue weighted by atomic mass is 19.1. The normalized spacial score (nSPS) is 17.5. The predicted molar refractivity (Wildman–Crippen MR) is 125 cm³/mol. The molecule has 0 N–H and O–H groups in total. The third kappa shape index (κ3) is 5.44. The largest absolute Gasteiger partial charge is 0.290 e. The molecule has 2 nitrogen and oxygen atoms in total. The molecule has 1 heterocycles. The molecule has 0 aliphatic carbocycles. The third-order valence-electron chi connectivity index (χ3n) is 5.53. The summed E-state index contributed by atoms with van der Waals surface area (Å²) in [5.74, 6) is -0.144. The maximum absolute atomic E-state index is 13.3. The molecule has 31 heavy (non-hydrogen) atoms. The van der Waals surface area contributed by atoms with Crippen molar-refractivity contribution in [3.05, 3.63) is 118 Å². The molecule has 0 saturated carbocycles. The van der Waals surface area contributed by atoms with Gasteiger partial charge in [0.1, 0.15) is 5.82 Å². The maximum atomic E-state index is 13.3. The van der Waals surface area contributed by atoms with Crippen molar-refractivity contribution >= 4 is 17.9 Å². The molecular weight excluding hydrogens is 385 g/mol. The van der Waals surface area contributed by atoms with Gasteiger partial charge in [0.15, 0.2) is 5.78 Å². The monoisotopic (exact) mass is 411 g/mol. The van der Waals surface area contributed by atoms with E-state index < -0.39 is 0 Å². The Morgan fingerprint density at radius 1 is 0.742 bits per heavy atom. The Kier molecular flexibility index (Phi) is 6.24. The summed E-state index contributed by atoms with van der Waals surface area (Å²) in [4.78, 5) is 15.5. The van der Waals surface area contributed by atoms with Crippen LogP contribution in [0.25, 0.3) is 12.2 Å². The number of hydrogen-bond donors (Lipinski definition) is 0. The van der Waals surface area contributed by atoms with Crippen LogP contribution < -0.4 is 0 Å². The number of ketones is 1. The van der Waals surface area contributed by atoms with Crippen LogP contribution in [0.2, 0.25) is 0 Å². The highest BCUT2D eigenvalue weighted by molar-refractivity contribution is 6.14. The minimum absolute atomic E-state index is 0.0940. The van der Waals surface area contributed by atoms with Gasteiger partial charge in [0, 0.05) is 30.8 Å². The number of likely N-dealkylation sites (tertiary alicyclic amines) is 1. The van der Waals surface area contributed by atoms with Crippen molar-refractivity contribution in [1.29, 1.82) is 0 Å². The van der Waals surface area contributed by atoms with Crippen molar-refractivity contribution in [2.24, 2.45) is 0 Å². The first kappa shape index (κ1) is 21.0. The van der Waals surface area contributed by atoms with Gasteiger partial charge in [-0.2, -0.15) is 0 Å². The van der Waals surface area contributed by atoms with Gasteiger partial charge in [-0.25, -0.2) is 4.39 Å². The smallest absolute Gasteiger partial charge is 0.187 e. The fourth-order valence-electron chi connectivity index (χ4n) is 3.80. The Morgan fingerprint density at radius 3 is 1.65 bits per heavy atom. The highest BCUT2D eigenvalue weighted by Gasteiger charge is 2.26. The Labute approximate surface area is 183 Å². The molecule has 3 aromatic carbocycles. The van der Waals surface area contributed by atoms with Crippen LogP contribution in [-0.2, 0) is 11.3 Å². The molecule has 156 valence electrons. The minimum atomic E-state index is -0.238. The summed E-state index contributed by atoms with van der Waals surface area (Å²) in [5, 5.41) is 0. The van der Waals surface area contributed by atoms with E-state index in [9.17, 15) is 9.18 Å². The summed E-state index contributed by atoms with van der Waals surface area (Å²) in [7, 11) is 0. The summed E-state index contributed by atoms with van der Waals surface area (Å²) in [6.07, 6.45) is 3.98. The summed E-state index contributed by atoms with van der Waals surface area (Å²) in [6, 6.07) is 23.0. The number of hydrogen-bond acceptors (Lipinski definition) is 2. The van der Waals surface area contributed by atoms with Crippen LogP contribution in [-0.4, -0.2) is 23.8 Å². The van der Waals surface area contributed by atoms with Gasteiger partial charge in [-0.05, 0) is 54.8 Å². The second-order valence-electron chi connectivity index (χ2n) is 8.26. The fraction of sp³-hybridized carbons (Fsp3) is 0.179. The fourth-order valence-corrected chi connectivity index (χ4v) is 3.80. The number of aryl methyl sites for hydroxylation is 2. The molecule has 4 rings (SSSR count). The number of carbonyl (C=O) groups excluding carboxylic acids is 1. The molecule has 1 aliphatic rings. The SMILES string of the molecule is Cc1ccc(C=C2CN(Cc3ccc(F)cc3)CC(=Cc3ccc(C)cc3)C2=O)cc1. The van der Waals surface area contributed by atoms with E-state index in [4.69, 9.17) is 0 Å². The number of piperidine rings is 1. The van der Waals surface area contributed by atoms with Crippen LogP contribution in [0.3, 0.4) is 0 Å². The van der Waals surface area contributed by atoms with Gasteiger partial charge in [0.25, 0.3) is 0 Å². The van der Waals surface area contributed by atoms with E-state index in [2.05, 4.69) is 43.0 Å². The van der Waals surface area contributed by atoms with Crippen LogP contribution >= 0.6 is 0 Å². The van der Waals surface area contributed by atoms with E-state index in [1.807, 2.05) is 36.4 Å². The van der Waals surface area contributed by atoms with Crippen molar-refractivity contribution in [3.8, 4) is 0 Å². The van der Waals surface area contributed by atoms with Crippen LogP contribution in [0, 0.1) is 19.7 Å². The molecular formula is C28H26FNO. The lowest BCUT2D eigenvalue weighted by Crippen LogP contribution is -2.37. The molecule has 3 aromatic rings. The van der Waals surface area contributed by atoms with Crippen LogP contribution in [0.4, 0.5) is 4.39 Å². The quantitative estimate of drug-likeness (QED) is 0.491. The average Bonchev–Trinajstić information content (AvgIpc) is 2.76. The van der Waals surface area contributed by atoms with Crippen molar-refractivity contribution in [3.63, 3.8) is 0 Å². The maximum Gasteiger partial charge on any atom is 0.187 e. The van der Waals surface area contributed by atoms with E-state index in [1.165, 1.54) is 23.3 Å². The van der Waals surface area contributed by atoms with Crippen LogP contribution in [0.15, 0.2) is 83.9 Å². The molecule has 0 spiro atoms. The van der Waals surface area contributed by atoms with E-state index in [0.29, 0.717) is 19.6 Å². The molecule has 0 radical (unpaired) electrons. The van der Waals surface area contributed by atoms with Gasteiger partial charge in [-0.1, -0.05) is 71.8 Å². The van der Waals surface area contributed by atoms with Gasteiger partial charge in [-0.3, -0.25) is 9.69 Å². The lowest BCUT2D eigenvalue weighted by molar-refractivity contribution is -0.113. The second kappa shape index (κ2) is 9.23. The molecule has 0 unspecified atom stereocenters. The van der Waals surface area contributed by atoms with Gasteiger partial charge >= 0.3 is 0 Å². The van der Waals surface area contributed by atoms with Gasteiger partial charge < -0.3 is 0 Å². The summed E-state index contributed by atoms with van der Waals surface area (Å²) in [6.45, 7) is 5.89. The molecule has 3 heteroatoms. The van der Waals surface area contributed by atoms with E-state index >= 15 is 0 Å². The number of carbonyl (C=O) groups is 1. The molecule has 0 bridgehead atoms. The van der Waals surface area contributed by atoms with Crippen LogP contribution in [0.1, 0.15) is 27.8 Å². The van der Waals surface area contributed by atoms with Gasteiger partial charge in [0.2, 0.25) is 0 Å². The van der Waals surface area contributed by atoms with E-state index in [0.717, 1.165) is 27.8 Å². The molecule has 1 aliphatic heterocycles. The number of rotatable bonds is 4. The number of Topliss-reactive ketones (excluding diaryl/α,β-unsaturated/α-hetero) is 1. The number of nitrogens with zero attached hydrogens (tertiary/aromatic N) is 1. The van der Waals surface area contributed by atoms with Crippen LogP contribution in [0.5, 0.6) is 0 Å². The highest BCUT2D eigenvalue weighted by Crippen LogP contribution is 2.24. The molecule has 0 atom stereocenters. The topological polar surface area (TPSA) is 20.3 Å². The molecule has 1 fully saturated rings. The van der Waals surface area contributed by atoms with E-state index in [1.54, 1.807) is 12.1 Å². The summed E-state index contributed by atoms with van der Waals surface area (Å²) < 4.78 is 13.3. The molecule has 1 saturated heterocycles. The van der Waals surface area contributed by atoms with Gasteiger partial charge in [-0.15, -0.1) is 0 Å². The Bertz CT molecular complexity index is 1060. The standard InChI is InChI=1S/C28H26FNO/c1-20-3-7-22(8-4-20)15-25-18-30(17-24-11-13-27(29)14-12-24)19-26(28(25)31)16-23-9-5-21(2)6-10-23/h3-16H,17-19H2,1-2H3. The van der Waals surface area contributed by atoms with E-state index in [-0.39, 0.29) is 11.6 Å². The molecule has 0 aromatic heterocycles. The predicted octanol–water partition coefficient (Wildman–Crippen LogP) is 5.99. The molecule has 0 amide bonds. The third-order valence-corrected chi connectivity index (χ3v) is 5.53. The van der Waals surface area contributed by atoms with Crippen molar-refractivity contribution in [1.82, 2.24) is 4.90 Å². The number of halogens is 1. The number of benzene rings is 3. The first-order valence-corrected chi connectivity index (χ1v) is 10.5. The Hall–Kier alpha value is -3.30. The Balaban J connectivity index is 1.66. The summed E-state index contributed by atoms with van der Waals surface area (Å²) >= 11 is 0. The van der Waals surface area contributed by atoms with Crippen molar-refractivity contribution in [2.75, 3.05) is 13.1 Å². The Morgan fingerprint density at radius 2 is 1.19 bits per heavy atom. The average molecular weight is 412 g/mol. The lowest BCUT2D eigenvalue weighted by Gasteiger charge is -2.30. The zero-order valence-corrected chi connectivity index (χ0v) is 17.9.